The highest BCUT2D eigenvalue weighted by molar-refractivity contribution is 7.12. The highest BCUT2D eigenvalue weighted by atomic mass is 32.1. The van der Waals surface area contributed by atoms with Crippen LogP contribution in [0.4, 0.5) is 0 Å². The van der Waals surface area contributed by atoms with Gasteiger partial charge in [0.2, 0.25) is 5.91 Å². The molecule has 2 aromatic rings. The molecule has 0 spiro atoms. The van der Waals surface area contributed by atoms with Gasteiger partial charge in [-0.05, 0) is 43.2 Å². The Morgan fingerprint density at radius 1 is 1.10 bits per heavy atom. The third-order valence-corrected chi connectivity index (χ3v) is 6.93. The summed E-state index contributed by atoms with van der Waals surface area (Å²) in [4.78, 5) is 30.5. The van der Waals surface area contributed by atoms with Crippen LogP contribution >= 0.6 is 11.3 Å². The molecule has 2 aliphatic rings. The molecule has 2 saturated heterocycles. The van der Waals surface area contributed by atoms with Gasteiger partial charge in [0.25, 0.3) is 5.91 Å². The molecule has 1 aromatic carbocycles. The predicted molar refractivity (Wildman–Crippen MR) is 118 cm³/mol. The molecule has 2 aliphatic heterocycles. The number of benzene rings is 1. The fraction of sp³-hybridized carbons (Fsp3) is 0.478. The zero-order valence-corrected chi connectivity index (χ0v) is 18.2. The van der Waals surface area contributed by atoms with Gasteiger partial charge in [-0.1, -0.05) is 24.3 Å². The standard InChI is InChI=1S/C23H29N3O3S/c1-29-20-8-3-2-6-17(20)16-25-13-10-18(11-14-25)24-22(27)19-7-4-12-26(19)23(28)21-9-5-15-30-21/h2-3,5-6,8-9,15,18-19H,4,7,10-14,16H2,1H3,(H,24,27)/t19-/m0/s1. The number of nitrogens with zero attached hydrogens (tertiary/aromatic N) is 2. The van der Waals surface area contributed by atoms with Crippen LogP contribution in [0.1, 0.15) is 40.9 Å². The first kappa shape index (κ1) is 20.9. The average Bonchev–Trinajstić information content (AvgIpc) is 3.47. The lowest BCUT2D eigenvalue weighted by molar-refractivity contribution is -0.125. The number of amides is 2. The Hall–Kier alpha value is -2.38. The van der Waals surface area contributed by atoms with E-state index in [9.17, 15) is 9.59 Å². The van der Waals surface area contributed by atoms with Crippen molar-refractivity contribution in [3.05, 3.63) is 52.2 Å². The number of thiophene rings is 1. The number of nitrogens with one attached hydrogen (secondary N) is 1. The van der Waals surface area contributed by atoms with Crippen LogP contribution in [0.2, 0.25) is 0 Å². The van der Waals surface area contributed by atoms with Crippen LogP contribution in [0.5, 0.6) is 5.75 Å². The van der Waals surface area contributed by atoms with Gasteiger partial charge in [0.15, 0.2) is 0 Å². The third kappa shape index (κ3) is 4.68. The van der Waals surface area contributed by atoms with Crippen LogP contribution in [0.25, 0.3) is 0 Å². The lowest BCUT2D eigenvalue weighted by atomic mass is 10.0. The van der Waals surface area contributed by atoms with Crippen molar-refractivity contribution in [1.82, 2.24) is 15.1 Å². The van der Waals surface area contributed by atoms with Gasteiger partial charge in [-0.3, -0.25) is 14.5 Å². The number of hydrogen-bond acceptors (Lipinski definition) is 5. The predicted octanol–water partition coefficient (Wildman–Crippen LogP) is 3.14. The van der Waals surface area contributed by atoms with E-state index in [1.807, 2.05) is 35.7 Å². The van der Waals surface area contributed by atoms with E-state index in [1.165, 1.54) is 16.9 Å². The lowest BCUT2D eigenvalue weighted by Gasteiger charge is -2.34. The first-order valence-electron chi connectivity index (χ1n) is 10.6. The number of carbonyl (C=O) groups is 2. The molecule has 4 rings (SSSR count). The van der Waals surface area contributed by atoms with E-state index in [0.717, 1.165) is 51.1 Å². The summed E-state index contributed by atoms with van der Waals surface area (Å²) in [5.74, 6) is 0.902. The van der Waals surface area contributed by atoms with Crippen LogP contribution in [0, 0.1) is 0 Å². The Balaban J connectivity index is 1.28. The Bertz CT molecular complexity index is 862. The van der Waals surface area contributed by atoms with Crippen molar-refractivity contribution in [1.29, 1.82) is 0 Å². The van der Waals surface area contributed by atoms with Gasteiger partial charge in [0.05, 0.1) is 12.0 Å². The van der Waals surface area contributed by atoms with Gasteiger partial charge < -0.3 is 15.0 Å². The summed E-state index contributed by atoms with van der Waals surface area (Å²) < 4.78 is 5.46. The molecule has 6 nitrogen and oxygen atoms in total. The minimum absolute atomic E-state index is 0.000541. The molecule has 1 atom stereocenters. The van der Waals surface area contributed by atoms with E-state index in [0.29, 0.717) is 11.4 Å². The van der Waals surface area contributed by atoms with Crippen LogP contribution in [0.3, 0.4) is 0 Å². The van der Waals surface area contributed by atoms with Crippen molar-refractivity contribution in [3.8, 4) is 5.75 Å². The molecule has 1 N–H and O–H groups in total. The zero-order valence-electron chi connectivity index (χ0n) is 17.4. The molecule has 0 saturated carbocycles. The van der Waals surface area contributed by atoms with E-state index < -0.39 is 0 Å². The average molecular weight is 428 g/mol. The van der Waals surface area contributed by atoms with E-state index in [1.54, 1.807) is 12.0 Å². The molecule has 160 valence electrons. The van der Waals surface area contributed by atoms with Crippen LogP contribution < -0.4 is 10.1 Å². The number of carbonyl (C=O) groups excluding carboxylic acids is 2. The molecule has 0 unspecified atom stereocenters. The molecular formula is C23H29N3O3S. The quantitative estimate of drug-likeness (QED) is 0.769. The summed E-state index contributed by atoms with van der Waals surface area (Å²) in [7, 11) is 1.70. The topological polar surface area (TPSA) is 61.9 Å². The maximum Gasteiger partial charge on any atom is 0.264 e. The molecule has 0 bridgehead atoms. The third-order valence-electron chi connectivity index (χ3n) is 6.07. The second kappa shape index (κ2) is 9.62. The summed E-state index contributed by atoms with van der Waals surface area (Å²) in [5, 5.41) is 5.12. The molecule has 0 aliphatic carbocycles. The molecule has 1 aromatic heterocycles. The van der Waals surface area contributed by atoms with Crippen molar-refractivity contribution in [2.75, 3.05) is 26.7 Å². The summed E-state index contributed by atoms with van der Waals surface area (Å²) >= 11 is 1.43. The zero-order chi connectivity index (χ0) is 20.9. The second-order valence-electron chi connectivity index (χ2n) is 8.00. The first-order chi connectivity index (χ1) is 14.7. The smallest absolute Gasteiger partial charge is 0.264 e. The van der Waals surface area contributed by atoms with Gasteiger partial charge in [0, 0.05) is 37.8 Å². The molecule has 2 fully saturated rings. The van der Waals surface area contributed by atoms with E-state index in [2.05, 4.69) is 16.3 Å². The summed E-state index contributed by atoms with van der Waals surface area (Å²) in [6.07, 6.45) is 3.47. The Labute approximate surface area is 181 Å². The molecule has 2 amide bonds. The van der Waals surface area contributed by atoms with Gasteiger partial charge in [-0.25, -0.2) is 0 Å². The maximum atomic E-state index is 12.9. The Morgan fingerprint density at radius 2 is 1.90 bits per heavy atom. The number of piperidine rings is 1. The highest BCUT2D eigenvalue weighted by Gasteiger charge is 2.36. The normalized spacial score (nSPS) is 20.3. The second-order valence-corrected chi connectivity index (χ2v) is 8.95. The maximum absolute atomic E-state index is 12.9. The number of methoxy groups -OCH3 is 1. The SMILES string of the molecule is COc1ccccc1CN1CCC(NC(=O)[C@@H]2CCCN2C(=O)c2cccs2)CC1. The molecule has 30 heavy (non-hydrogen) atoms. The van der Waals surface area contributed by atoms with Gasteiger partial charge in [-0.2, -0.15) is 0 Å². The van der Waals surface area contributed by atoms with Gasteiger partial charge in [0.1, 0.15) is 11.8 Å². The van der Waals surface area contributed by atoms with Gasteiger partial charge in [-0.15, -0.1) is 11.3 Å². The molecule has 0 radical (unpaired) electrons. The van der Waals surface area contributed by atoms with Crippen molar-refractivity contribution in [2.45, 2.75) is 44.3 Å². The Morgan fingerprint density at radius 3 is 2.63 bits per heavy atom. The lowest BCUT2D eigenvalue weighted by Crippen LogP contribution is -2.51. The van der Waals surface area contributed by atoms with Crippen LogP contribution in [0.15, 0.2) is 41.8 Å². The number of rotatable bonds is 6. The fourth-order valence-corrected chi connectivity index (χ4v) is 5.11. The highest BCUT2D eigenvalue weighted by Crippen LogP contribution is 2.24. The number of likely N-dealkylation sites (tertiary alicyclic amines) is 2. The summed E-state index contributed by atoms with van der Waals surface area (Å²) in [6.45, 7) is 3.39. The molecule has 7 heteroatoms. The monoisotopic (exact) mass is 427 g/mol. The summed E-state index contributed by atoms with van der Waals surface area (Å²) in [5.41, 5.74) is 1.19. The van der Waals surface area contributed by atoms with Gasteiger partial charge >= 0.3 is 0 Å². The van der Waals surface area contributed by atoms with Crippen molar-refractivity contribution < 1.29 is 14.3 Å². The number of ether oxygens (including phenoxy) is 1. The minimum Gasteiger partial charge on any atom is -0.496 e. The van der Waals surface area contributed by atoms with E-state index in [4.69, 9.17) is 4.74 Å². The molecule has 3 heterocycles. The fourth-order valence-electron chi connectivity index (χ4n) is 4.43. The van der Waals surface area contributed by atoms with Crippen LogP contribution in [-0.2, 0) is 11.3 Å². The van der Waals surface area contributed by atoms with Crippen molar-refractivity contribution >= 4 is 23.2 Å². The minimum atomic E-state index is -0.341. The van der Waals surface area contributed by atoms with E-state index >= 15 is 0 Å². The summed E-state index contributed by atoms with van der Waals surface area (Å²) in [6, 6.07) is 11.7. The largest absolute Gasteiger partial charge is 0.496 e. The Kier molecular flexibility index (Phi) is 6.69. The van der Waals surface area contributed by atoms with E-state index in [-0.39, 0.29) is 23.9 Å². The van der Waals surface area contributed by atoms with Crippen molar-refractivity contribution in [2.24, 2.45) is 0 Å². The first-order valence-corrected chi connectivity index (χ1v) is 11.5. The molecular weight excluding hydrogens is 398 g/mol. The van der Waals surface area contributed by atoms with Crippen LogP contribution in [-0.4, -0.2) is 60.4 Å². The van der Waals surface area contributed by atoms with Crippen molar-refractivity contribution in [3.63, 3.8) is 0 Å². The number of para-hydroxylation sites is 1. The number of hydrogen-bond donors (Lipinski definition) is 1.